The van der Waals surface area contributed by atoms with Crippen LogP contribution in [0.25, 0.3) is 0 Å². The summed E-state index contributed by atoms with van der Waals surface area (Å²) in [6.07, 6.45) is 1.87. The molecule has 1 N–H and O–H groups in total. The zero-order chi connectivity index (χ0) is 10.6. The van der Waals surface area contributed by atoms with E-state index >= 15 is 0 Å². The second kappa shape index (κ2) is 5.42. The van der Waals surface area contributed by atoms with Crippen LogP contribution in [0.1, 0.15) is 11.1 Å². The molecule has 1 aromatic rings. The van der Waals surface area contributed by atoms with Gasteiger partial charge in [0.2, 0.25) is 0 Å². The van der Waals surface area contributed by atoms with Crippen LogP contribution in [0.4, 0.5) is 5.69 Å². The van der Waals surface area contributed by atoms with Crippen LogP contribution >= 0.6 is 27.5 Å². The molecule has 0 aliphatic rings. The lowest BCUT2D eigenvalue weighted by Gasteiger charge is -2.08. The van der Waals surface area contributed by atoms with E-state index in [-0.39, 0.29) is 0 Å². The van der Waals surface area contributed by atoms with Gasteiger partial charge in [-0.15, -0.1) is 0 Å². The van der Waals surface area contributed by atoms with Crippen molar-refractivity contribution in [3.05, 3.63) is 39.3 Å². The summed E-state index contributed by atoms with van der Waals surface area (Å²) in [6, 6.07) is 4.22. The standard InChI is InChI=1S/C11H13BrClN/c1-8-6-10(14-5-3-4-13)7-9(2)11(8)12/h3-4,6-7,14H,5H2,1-2H3/b4-3+. The third kappa shape index (κ3) is 3.03. The molecular formula is C11H13BrClN. The molecule has 76 valence electrons. The molecule has 3 heteroatoms. The molecule has 0 aromatic heterocycles. The molecule has 0 aliphatic carbocycles. The van der Waals surface area contributed by atoms with E-state index in [0.29, 0.717) is 0 Å². The first-order valence-corrected chi connectivity index (χ1v) is 5.64. The topological polar surface area (TPSA) is 12.0 Å². The van der Waals surface area contributed by atoms with Crippen molar-refractivity contribution < 1.29 is 0 Å². The molecule has 0 saturated heterocycles. The first-order valence-electron chi connectivity index (χ1n) is 4.41. The minimum atomic E-state index is 0.754. The number of benzene rings is 1. The summed E-state index contributed by atoms with van der Waals surface area (Å²) >= 11 is 8.96. The Morgan fingerprint density at radius 3 is 2.43 bits per heavy atom. The van der Waals surface area contributed by atoms with E-state index in [1.165, 1.54) is 21.1 Å². The van der Waals surface area contributed by atoms with Crippen molar-refractivity contribution in [2.75, 3.05) is 11.9 Å². The first-order chi connectivity index (χ1) is 6.65. The fraction of sp³-hybridized carbons (Fsp3) is 0.273. The van der Waals surface area contributed by atoms with Crippen molar-refractivity contribution >= 4 is 33.2 Å². The molecule has 0 unspecified atom stereocenters. The van der Waals surface area contributed by atoms with E-state index in [0.717, 1.165) is 12.2 Å². The van der Waals surface area contributed by atoms with E-state index in [9.17, 15) is 0 Å². The Bertz CT molecular complexity index is 324. The molecule has 1 rings (SSSR count). The first kappa shape index (κ1) is 11.6. The Labute approximate surface area is 98.3 Å². The van der Waals surface area contributed by atoms with E-state index < -0.39 is 0 Å². The Balaban J connectivity index is 2.79. The van der Waals surface area contributed by atoms with Crippen molar-refractivity contribution in [1.29, 1.82) is 0 Å². The van der Waals surface area contributed by atoms with Gasteiger partial charge in [0.1, 0.15) is 0 Å². The highest BCUT2D eigenvalue weighted by molar-refractivity contribution is 9.10. The van der Waals surface area contributed by atoms with Gasteiger partial charge in [-0.25, -0.2) is 0 Å². The van der Waals surface area contributed by atoms with Crippen LogP contribution in [0.15, 0.2) is 28.2 Å². The summed E-state index contributed by atoms with van der Waals surface area (Å²) in [5.74, 6) is 0. The predicted molar refractivity (Wildman–Crippen MR) is 67.1 cm³/mol. The molecular weight excluding hydrogens is 261 g/mol. The molecule has 0 heterocycles. The smallest absolute Gasteiger partial charge is 0.0348 e. The molecule has 0 radical (unpaired) electrons. The fourth-order valence-corrected chi connectivity index (χ4v) is 1.59. The Hall–Kier alpha value is -0.470. The maximum Gasteiger partial charge on any atom is 0.0348 e. The highest BCUT2D eigenvalue weighted by Crippen LogP contribution is 2.24. The van der Waals surface area contributed by atoms with Crippen LogP contribution in [0.3, 0.4) is 0 Å². The summed E-state index contributed by atoms with van der Waals surface area (Å²) in [4.78, 5) is 0. The summed E-state index contributed by atoms with van der Waals surface area (Å²) in [5.41, 5.74) is 5.12. The van der Waals surface area contributed by atoms with E-state index in [1.54, 1.807) is 0 Å². The third-order valence-corrected chi connectivity index (χ3v) is 3.38. The van der Waals surface area contributed by atoms with Crippen molar-refractivity contribution in [2.24, 2.45) is 0 Å². The number of rotatable bonds is 3. The second-order valence-corrected chi connectivity index (χ2v) is 4.21. The highest BCUT2D eigenvalue weighted by atomic mass is 79.9. The normalized spacial score (nSPS) is 10.9. The minimum absolute atomic E-state index is 0.754. The van der Waals surface area contributed by atoms with Crippen LogP contribution in [0.5, 0.6) is 0 Å². The summed E-state index contributed by atoms with van der Waals surface area (Å²) < 4.78 is 1.18. The van der Waals surface area contributed by atoms with Gasteiger partial charge >= 0.3 is 0 Å². The lowest BCUT2D eigenvalue weighted by molar-refractivity contribution is 1.28. The molecule has 1 aromatic carbocycles. The van der Waals surface area contributed by atoms with Crippen molar-refractivity contribution in [3.8, 4) is 0 Å². The second-order valence-electron chi connectivity index (χ2n) is 3.17. The largest absolute Gasteiger partial charge is 0.382 e. The van der Waals surface area contributed by atoms with E-state index in [4.69, 9.17) is 11.6 Å². The quantitative estimate of drug-likeness (QED) is 0.870. The van der Waals surface area contributed by atoms with E-state index in [2.05, 4.69) is 47.2 Å². The van der Waals surface area contributed by atoms with Crippen molar-refractivity contribution in [1.82, 2.24) is 0 Å². The molecule has 0 amide bonds. The van der Waals surface area contributed by atoms with Crippen LogP contribution in [0, 0.1) is 13.8 Å². The minimum Gasteiger partial charge on any atom is -0.382 e. The molecule has 0 spiro atoms. The monoisotopic (exact) mass is 273 g/mol. The molecule has 0 bridgehead atoms. The lowest BCUT2D eigenvalue weighted by atomic mass is 10.1. The van der Waals surface area contributed by atoms with Crippen LogP contribution in [0.2, 0.25) is 0 Å². The maximum absolute atomic E-state index is 5.43. The zero-order valence-corrected chi connectivity index (χ0v) is 10.6. The number of anilines is 1. The fourth-order valence-electron chi connectivity index (χ4n) is 1.27. The van der Waals surface area contributed by atoms with Crippen LogP contribution in [-0.2, 0) is 0 Å². The SMILES string of the molecule is Cc1cc(NC/C=C/Cl)cc(C)c1Br. The summed E-state index contributed by atoms with van der Waals surface area (Å²) in [6.45, 7) is 4.92. The maximum atomic E-state index is 5.43. The van der Waals surface area contributed by atoms with Gasteiger partial charge in [0, 0.05) is 22.2 Å². The number of hydrogen-bond donors (Lipinski definition) is 1. The molecule has 1 nitrogen and oxygen atoms in total. The van der Waals surface area contributed by atoms with Gasteiger partial charge in [-0.3, -0.25) is 0 Å². The van der Waals surface area contributed by atoms with Gasteiger partial charge < -0.3 is 5.32 Å². The van der Waals surface area contributed by atoms with Crippen LogP contribution < -0.4 is 5.32 Å². The lowest BCUT2D eigenvalue weighted by Crippen LogP contribution is -1.99. The van der Waals surface area contributed by atoms with Gasteiger partial charge in [0.15, 0.2) is 0 Å². The van der Waals surface area contributed by atoms with Crippen LogP contribution in [-0.4, -0.2) is 6.54 Å². The number of halogens is 2. The average Bonchev–Trinajstić information content (AvgIpc) is 2.14. The predicted octanol–water partition coefficient (Wildman–Crippen LogP) is 4.23. The number of aryl methyl sites for hydroxylation is 2. The Morgan fingerprint density at radius 2 is 1.93 bits per heavy atom. The third-order valence-electron chi connectivity index (χ3n) is 1.95. The molecule has 0 atom stereocenters. The van der Waals surface area contributed by atoms with E-state index in [1.807, 2.05) is 6.08 Å². The Morgan fingerprint density at radius 1 is 1.36 bits per heavy atom. The summed E-state index contributed by atoms with van der Waals surface area (Å²) in [5, 5.41) is 3.26. The highest BCUT2D eigenvalue weighted by Gasteiger charge is 2.00. The molecule has 0 saturated carbocycles. The number of nitrogens with one attached hydrogen (secondary N) is 1. The zero-order valence-electron chi connectivity index (χ0n) is 8.27. The average molecular weight is 275 g/mol. The van der Waals surface area contributed by atoms with Crippen molar-refractivity contribution in [3.63, 3.8) is 0 Å². The molecule has 0 aliphatic heterocycles. The van der Waals surface area contributed by atoms with Gasteiger partial charge in [0.25, 0.3) is 0 Å². The van der Waals surface area contributed by atoms with Gasteiger partial charge in [-0.1, -0.05) is 33.6 Å². The Kier molecular flexibility index (Phi) is 4.49. The van der Waals surface area contributed by atoms with Crippen molar-refractivity contribution in [2.45, 2.75) is 13.8 Å². The summed E-state index contributed by atoms with van der Waals surface area (Å²) in [7, 11) is 0. The van der Waals surface area contributed by atoms with Gasteiger partial charge in [-0.2, -0.15) is 0 Å². The molecule has 14 heavy (non-hydrogen) atoms. The van der Waals surface area contributed by atoms with Gasteiger partial charge in [-0.05, 0) is 37.1 Å². The van der Waals surface area contributed by atoms with Gasteiger partial charge in [0.05, 0.1) is 0 Å². The molecule has 0 fully saturated rings. The number of hydrogen-bond acceptors (Lipinski definition) is 1.